The fourth-order valence-corrected chi connectivity index (χ4v) is 4.31. The van der Waals surface area contributed by atoms with Crippen LogP contribution < -0.4 is 11.3 Å². The van der Waals surface area contributed by atoms with Gasteiger partial charge in [0.2, 0.25) is 5.91 Å². The molecule has 3 N–H and O–H groups in total. The summed E-state index contributed by atoms with van der Waals surface area (Å²) < 4.78 is 12.0. The highest BCUT2D eigenvalue weighted by molar-refractivity contribution is 5.75. The van der Waals surface area contributed by atoms with E-state index in [0.29, 0.717) is 13.2 Å². The summed E-state index contributed by atoms with van der Waals surface area (Å²) in [4.78, 5) is 11.2. The maximum Gasteiger partial charge on any atom is 0.236 e. The summed E-state index contributed by atoms with van der Waals surface area (Å²) in [6, 6.07) is 0. The van der Waals surface area contributed by atoms with Gasteiger partial charge in [0.1, 0.15) is 0 Å². The van der Waals surface area contributed by atoms with Crippen LogP contribution in [0.1, 0.15) is 157 Å². The van der Waals surface area contributed by atoms with Crippen LogP contribution in [0.5, 0.6) is 0 Å². The molecular weight excluding hydrogens is 424 g/mol. The van der Waals surface area contributed by atoms with Crippen LogP contribution in [0.4, 0.5) is 0 Å². The SMILES string of the molecule is CCCCCCCCCCCCCCCCCCC(C)(C)OCCC(C)(C)OCCC(=O)NN. The molecule has 204 valence electrons. The molecule has 0 aromatic heterocycles. The van der Waals surface area contributed by atoms with Crippen molar-refractivity contribution in [2.45, 2.75) is 168 Å². The Morgan fingerprint density at radius 2 is 1.00 bits per heavy atom. The Labute approximate surface area is 212 Å². The summed E-state index contributed by atoms with van der Waals surface area (Å²) >= 11 is 0. The normalized spacial score (nSPS) is 12.3. The molecule has 0 atom stereocenters. The second-order valence-corrected chi connectivity index (χ2v) is 11.3. The van der Waals surface area contributed by atoms with E-state index in [9.17, 15) is 4.79 Å². The predicted octanol–water partition coefficient (Wildman–Crippen LogP) is 8.00. The molecule has 0 radical (unpaired) electrons. The van der Waals surface area contributed by atoms with Crippen molar-refractivity contribution < 1.29 is 14.3 Å². The van der Waals surface area contributed by atoms with Gasteiger partial charge in [-0.25, -0.2) is 5.84 Å². The molecule has 1 amide bonds. The molecule has 0 saturated carbocycles. The molecule has 0 fully saturated rings. The minimum absolute atomic E-state index is 0.0917. The molecule has 0 unspecified atom stereocenters. The Morgan fingerprint density at radius 3 is 1.44 bits per heavy atom. The molecule has 0 aromatic rings. The van der Waals surface area contributed by atoms with Gasteiger partial charge in [-0.05, 0) is 40.5 Å². The largest absolute Gasteiger partial charge is 0.375 e. The van der Waals surface area contributed by atoms with E-state index >= 15 is 0 Å². The monoisotopic (exact) mass is 484 g/mol. The highest BCUT2D eigenvalue weighted by Crippen LogP contribution is 2.22. The van der Waals surface area contributed by atoms with Gasteiger partial charge in [0.25, 0.3) is 0 Å². The summed E-state index contributed by atoms with van der Waals surface area (Å²) in [5.74, 6) is 4.89. The molecule has 0 saturated heterocycles. The minimum Gasteiger partial charge on any atom is -0.375 e. The van der Waals surface area contributed by atoms with Gasteiger partial charge >= 0.3 is 0 Å². The van der Waals surface area contributed by atoms with E-state index in [4.69, 9.17) is 15.3 Å². The molecule has 0 aliphatic rings. The summed E-state index contributed by atoms with van der Waals surface area (Å²) in [6.07, 6.45) is 24.6. The number of rotatable bonds is 25. The number of hydrazine groups is 1. The van der Waals surface area contributed by atoms with Crippen LogP contribution in [0.3, 0.4) is 0 Å². The van der Waals surface area contributed by atoms with E-state index in [2.05, 4.69) is 26.2 Å². The highest BCUT2D eigenvalue weighted by Gasteiger charge is 2.22. The van der Waals surface area contributed by atoms with Crippen LogP contribution in [-0.4, -0.2) is 30.3 Å². The first-order valence-corrected chi connectivity index (χ1v) is 14.5. The Balaban J connectivity index is 3.52. The lowest BCUT2D eigenvalue weighted by Gasteiger charge is -2.30. The average molecular weight is 485 g/mol. The van der Waals surface area contributed by atoms with Gasteiger partial charge < -0.3 is 9.47 Å². The number of carbonyl (C=O) groups is 1. The second kappa shape index (κ2) is 21.6. The number of unbranched alkanes of at least 4 members (excludes halogenated alkanes) is 15. The van der Waals surface area contributed by atoms with Gasteiger partial charge in [-0.1, -0.05) is 110 Å². The third kappa shape index (κ3) is 23.1. The van der Waals surface area contributed by atoms with Gasteiger partial charge in [-0.15, -0.1) is 0 Å². The Hall–Kier alpha value is -0.650. The molecule has 34 heavy (non-hydrogen) atoms. The molecule has 0 aliphatic heterocycles. The number of hydrogen-bond acceptors (Lipinski definition) is 4. The van der Waals surface area contributed by atoms with Crippen molar-refractivity contribution in [2.75, 3.05) is 13.2 Å². The fourth-order valence-electron chi connectivity index (χ4n) is 4.31. The molecule has 0 spiro atoms. The number of amides is 1. The van der Waals surface area contributed by atoms with E-state index in [0.717, 1.165) is 12.8 Å². The third-order valence-electron chi connectivity index (χ3n) is 6.81. The van der Waals surface area contributed by atoms with Crippen LogP contribution >= 0.6 is 0 Å². The molecule has 5 heteroatoms. The average Bonchev–Trinajstić information content (AvgIpc) is 2.78. The fraction of sp³-hybridized carbons (Fsp3) is 0.966. The van der Waals surface area contributed by atoms with Crippen molar-refractivity contribution in [2.24, 2.45) is 5.84 Å². The molecule has 0 bridgehead atoms. The molecule has 0 aliphatic carbocycles. The lowest BCUT2D eigenvalue weighted by Crippen LogP contribution is -2.34. The van der Waals surface area contributed by atoms with Gasteiger partial charge in [-0.3, -0.25) is 10.2 Å². The highest BCUT2D eigenvalue weighted by atomic mass is 16.5. The zero-order valence-corrected chi connectivity index (χ0v) is 23.7. The van der Waals surface area contributed by atoms with Gasteiger partial charge in [-0.2, -0.15) is 0 Å². The van der Waals surface area contributed by atoms with Crippen LogP contribution in [-0.2, 0) is 14.3 Å². The topological polar surface area (TPSA) is 73.6 Å². The summed E-state index contributed by atoms with van der Waals surface area (Å²) in [7, 11) is 0. The van der Waals surface area contributed by atoms with Crippen molar-refractivity contribution in [1.29, 1.82) is 0 Å². The van der Waals surface area contributed by atoms with E-state index in [1.54, 1.807) is 0 Å². The van der Waals surface area contributed by atoms with Crippen molar-refractivity contribution >= 4 is 5.91 Å². The van der Waals surface area contributed by atoms with Crippen LogP contribution in [0.2, 0.25) is 0 Å². The maximum atomic E-state index is 11.2. The van der Waals surface area contributed by atoms with Gasteiger partial charge in [0.05, 0.1) is 30.8 Å². The quantitative estimate of drug-likeness (QED) is 0.0596. The lowest BCUT2D eigenvalue weighted by molar-refractivity contribution is -0.124. The summed E-state index contributed by atoms with van der Waals surface area (Å²) in [6.45, 7) is 11.8. The minimum atomic E-state index is -0.306. The summed E-state index contributed by atoms with van der Waals surface area (Å²) in [5.41, 5.74) is 1.73. The predicted molar refractivity (Wildman–Crippen MR) is 146 cm³/mol. The first-order chi connectivity index (χ1) is 16.2. The zero-order valence-electron chi connectivity index (χ0n) is 23.7. The Morgan fingerprint density at radius 1 is 0.618 bits per heavy atom. The lowest BCUT2D eigenvalue weighted by atomic mass is 9.98. The van der Waals surface area contributed by atoms with E-state index < -0.39 is 0 Å². The van der Waals surface area contributed by atoms with Crippen LogP contribution in [0, 0.1) is 0 Å². The zero-order chi connectivity index (χ0) is 25.5. The van der Waals surface area contributed by atoms with Crippen molar-refractivity contribution in [3.63, 3.8) is 0 Å². The first kappa shape index (κ1) is 33.4. The van der Waals surface area contributed by atoms with Crippen LogP contribution in [0.25, 0.3) is 0 Å². The number of hydrogen-bond donors (Lipinski definition) is 2. The molecule has 5 nitrogen and oxygen atoms in total. The standard InChI is InChI=1S/C29H60N2O3/c1-6-7-8-9-10-11-12-13-14-15-16-17-18-19-20-21-23-28(2,3)34-26-24-29(4,5)33-25-22-27(32)31-30/h6-26,30H2,1-5H3,(H,31,32). The molecule has 0 heterocycles. The molecular formula is C29H60N2O3. The van der Waals surface area contributed by atoms with E-state index in [-0.39, 0.29) is 23.5 Å². The number of ether oxygens (including phenoxy) is 2. The van der Waals surface area contributed by atoms with E-state index in [1.807, 2.05) is 13.8 Å². The number of carbonyl (C=O) groups excluding carboxylic acids is 1. The van der Waals surface area contributed by atoms with Crippen molar-refractivity contribution in [1.82, 2.24) is 5.43 Å². The first-order valence-electron chi connectivity index (χ1n) is 14.5. The van der Waals surface area contributed by atoms with Gasteiger partial charge in [0, 0.05) is 0 Å². The number of nitrogens with one attached hydrogen (secondary N) is 1. The van der Waals surface area contributed by atoms with E-state index in [1.165, 1.54) is 103 Å². The maximum absolute atomic E-state index is 11.2. The van der Waals surface area contributed by atoms with Crippen molar-refractivity contribution in [3.05, 3.63) is 0 Å². The Bertz CT molecular complexity index is 466. The molecule has 0 rings (SSSR count). The Kier molecular flexibility index (Phi) is 21.2. The number of nitrogens with two attached hydrogens (primary N) is 1. The smallest absolute Gasteiger partial charge is 0.236 e. The van der Waals surface area contributed by atoms with Crippen LogP contribution in [0.15, 0.2) is 0 Å². The van der Waals surface area contributed by atoms with Crippen molar-refractivity contribution in [3.8, 4) is 0 Å². The van der Waals surface area contributed by atoms with Gasteiger partial charge in [0.15, 0.2) is 0 Å². The summed E-state index contributed by atoms with van der Waals surface area (Å²) in [5, 5.41) is 0. The third-order valence-corrected chi connectivity index (χ3v) is 6.81. The second-order valence-electron chi connectivity index (χ2n) is 11.3. The molecule has 0 aromatic carbocycles.